The first-order valence-electron chi connectivity index (χ1n) is 10.4. The molecule has 1 aliphatic heterocycles. The molecule has 2 N–H and O–H groups in total. The van der Waals surface area contributed by atoms with Crippen LogP contribution in [0.25, 0.3) is 0 Å². The van der Waals surface area contributed by atoms with Crippen molar-refractivity contribution in [1.29, 1.82) is 0 Å². The van der Waals surface area contributed by atoms with Crippen LogP contribution in [0.3, 0.4) is 0 Å². The fourth-order valence-corrected chi connectivity index (χ4v) is 4.84. The van der Waals surface area contributed by atoms with Crippen LogP contribution in [-0.2, 0) is 0 Å². The second kappa shape index (κ2) is 10.9. The molecule has 4 rings (SSSR count). The van der Waals surface area contributed by atoms with Gasteiger partial charge in [0.2, 0.25) is 17.8 Å². The molecule has 3 aromatic rings. The smallest absolute Gasteiger partial charge is 0.250 e. The summed E-state index contributed by atoms with van der Waals surface area (Å²) in [6, 6.07) is 9.80. The maximum Gasteiger partial charge on any atom is 0.250 e. The number of hydrogen-bond acceptors (Lipinski definition) is 8. The van der Waals surface area contributed by atoms with Crippen LogP contribution in [0.4, 0.5) is 27.9 Å². The minimum atomic E-state index is -0.309. The molecule has 1 aromatic heterocycles. The Morgan fingerprint density at radius 1 is 1.03 bits per heavy atom. The maximum absolute atomic E-state index is 13.3. The quantitative estimate of drug-likeness (QED) is 0.274. The predicted molar refractivity (Wildman–Crippen MR) is 135 cm³/mol. The van der Waals surface area contributed by atoms with Crippen LogP contribution < -0.4 is 20.4 Å². The first kappa shape index (κ1) is 23.4. The van der Waals surface area contributed by atoms with E-state index in [1.54, 1.807) is 25.5 Å². The lowest BCUT2D eigenvalue weighted by atomic mass is 10.1. The number of benzene rings is 2. The Bertz CT molecular complexity index is 1140. The molecule has 0 bridgehead atoms. The Balaban J connectivity index is 1.59. The van der Waals surface area contributed by atoms with Crippen molar-refractivity contribution >= 4 is 61.6 Å². The standard InChI is InChI=1S/C22H22Br2FN7O/c1-33-19-14(11-15(23)12-18(19)24)13-26-31-21-28-20(27-17-7-5-16(25)6-8-17)29-22(30-21)32-9-3-2-4-10-32/h5-8,11-13H,2-4,9-10H2,1H3,(H2,27,28,29,30,31)/b26-13+. The van der Waals surface area contributed by atoms with Crippen molar-refractivity contribution in [3.63, 3.8) is 0 Å². The lowest BCUT2D eigenvalue weighted by Crippen LogP contribution is -2.31. The number of methoxy groups -OCH3 is 1. The molecule has 0 spiro atoms. The molecule has 172 valence electrons. The molecule has 0 radical (unpaired) electrons. The van der Waals surface area contributed by atoms with Crippen molar-refractivity contribution in [3.05, 3.63) is 56.7 Å². The van der Waals surface area contributed by atoms with Crippen LogP contribution in [0.5, 0.6) is 5.75 Å². The van der Waals surface area contributed by atoms with Gasteiger partial charge in [-0.3, -0.25) is 0 Å². The van der Waals surface area contributed by atoms with Crippen molar-refractivity contribution in [2.45, 2.75) is 19.3 Å². The third kappa shape index (κ3) is 6.17. The lowest BCUT2D eigenvalue weighted by molar-refractivity contribution is 0.411. The number of anilines is 4. The molecular formula is C22H22Br2FN7O. The molecule has 2 heterocycles. The highest BCUT2D eigenvalue weighted by atomic mass is 79.9. The summed E-state index contributed by atoms with van der Waals surface area (Å²) in [7, 11) is 1.60. The fraction of sp³-hybridized carbons (Fsp3) is 0.273. The van der Waals surface area contributed by atoms with Gasteiger partial charge in [-0.2, -0.15) is 20.1 Å². The van der Waals surface area contributed by atoms with Crippen LogP contribution in [-0.4, -0.2) is 41.4 Å². The third-order valence-electron chi connectivity index (χ3n) is 4.97. The zero-order valence-corrected chi connectivity index (χ0v) is 21.0. The number of hydrogen-bond donors (Lipinski definition) is 2. The number of piperidine rings is 1. The molecule has 2 aromatic carbocycles. The van der Waals surface area contributed by atoms with Crippen molar-refractivity contribution in [1.82, 2.24) is 15.0 Å². The number of nitrogens with one attached hydrogen (secondary N) is 2. The van der Waals surface area contributed by atoms with E-state index in [9.17, 15) is 4.39 Å². The van der Waals surface area contributed by atoms with Crippen molar-refractivity contribution in [2.75, 3.05) is 35.8 Å². The summed E-state index contributed by atoms with van der Waals surface area (Å²) in [5, 5.41) is 7.42. The number of nitrogens with zero attached hydrogens (tertiary/aromatic N) is 5. The molecule has 0 amide bonds. The van der Waals surface area contributed by atoms with E-state index >= 15 is 0 Å². The first-order chi connectivity index (χ1) is 16.0. The normalized spacial score (nSPS) is 13.9. The van der Waals surface area contributed by atoms with Crippen molar-refractivity contribution < 1.29 is 9.13 Å². The highest BCUT2D eigenvalue weighted by Crippen LogP contribution is 2.31. The van der Waals surface area contributed by atoms with E-state index in [1.165, 1.54) is 18.6 Å². The number of aromatic nitrogens is 3. The molecule has 0 saturated carbocycles. The average Bonchev–Trinajstić information content (AvgIpc) is 2.81. The summed E-state index contributed by atoms with van der Waals surface area (Å²) in [4.78, 5) is 15.7. The summed E-state index contributed by atoms with van der Waals surface area (Å²) in [5.41, 5.74) is 4.33. The number of ether oxygens (including phenoxy) is 1. The summed E-state index contributed by atoms with van der Waals surface area (Å²) >= 11 is 6.96. The summed E-state index contributed by atoms with van der Waals surface area (Å²) < 4.78 is 20.4. The van der Waals surface area contributed by atoms with Gasteiger partial charge in [0.25, 0.3) is 0 Å². The molecule has 0 aliphatic carbocycles. The molecule has 11 heteroatoms. The van der Waals surface area contributed by atoms with Gasteiger partial charge in [0.05, 0.1) is 17.8 Å². The van der Waals surface area contributed by atoms with Gasteiger partial charge < -0.3 is 15.0 Å². The van der Waals surface area contributed by atoms with Crippen molar-refractivity contribution in [3.8, 4) is 5.75 Å². The Hall–Kier alpha value is -2.79. The van der Waals surface area contributed by atoms with Gasteiger partial charge >= 0.3 is 0 Å². The fourth-order valence-electron chi connectivity index (χ4n) is 3.42. The van der Waals surface area contributed by atoms with Gasteiger partial charge in [0.1, 0.15) is 11.6 Å². The topological polar surface area (TPSA) is 87.6 Å². The van der Waals surface area contributed by atoms with Gasteiger partial charge in [-0.25, -0.2) is 9.82 Å². The monoisotopic (exact) mass is 577 g/mol. The van der Waals surface area contributed by atoms with E-state index in [0.717, 1.165) is 40.4 Å². The van der Waals surface area contributed by atoms with E-state index in [2.05, 4.69) is 67.6 Å². The van der Waals surface area contributed by atoms with Gasteiger partial charge in [-0.15, -0.1) is 0 Å². The van der Waals surface area contributed by atoms with Crippen LogP contribution >= 0.6 is 31.9 Å². The maximum atomic E-state index is 13.3. The molecule has 8 nitrogen and oxygen atoms in total. The summed E-state index contributed by atoms with van der Waals surface area (Å²) in [6.07, 6.45) is 5.00. The molecule has 1 aliphatic rings. The third-order valence-corrected chi connectivity index (χ3v) is 6.02. The molecule has 0 atom stereocenters. The Morgan fingerprint density at radius 2 is 1.76 bits per heavy atom. The largest absolute Gasteiger partial charge is 0.495 e. The van der Waals surface area contributed by atoms with Crippen LogP contribution in [0.15, 0.2) is 50.4 Å². The van der Waals surface area contributed by atoms with Crippen molar-refractivity contribution in [2.24, 2.45) is 5.10 Å². The highest BCUT2D eigenvalue weighted by Gasteiger charge is 2.16. The highest BCUT2D eigenvalue weighted by molar-refractivity contribution is 9.11. The van der Waals surface area contributed by atoms with Crippen LogP contribution in [0.2, 0.25) is 0 Å². The van der Waals surface area contributed by atoms with Crippen LogP contribution in [0, 0.1) is 5.82 Å². The molecule has 33 heavy (non-hydrogen) atoms. The second-order valence-electron chi connectivity index (χ2n) is 7.34. The number of hydrazone groups is 1. The van der Waals surface area contributed by atoms with E-state index < -0.39 is 0 Å². The Morgan fingerprint density at radius 3 is 2.48 bits per heavy atom. The minimum Gasteiger partial charge on any atom is -0.495 e. The predicted octanol–water partition coefficient (Wildman–Crippen LogP) is 5.72. The number of rotatable bonds is 7. The van der Waals surface area contributed by atoms with E-state index in [1.807, 2.05) is 12.1 Å². The second-order valence-corrected chi connectivity index (χ2v) is 9.11. The van der Waals surface area contributed by atoms with Gasteiger partial charge in [-0.05, 0) is 71.6 Å². The van der Waals surface area contributed by atoms with Crippen LogP contribution in [0.1, 0.15) is 24.8 Å². The van der Waals surface area contributed by atoms with Gasteiger partial charge in [0, 0.05) is 28.8 Å². The zero-order chi connectivity index (χ0) is 23.2. The minimum absolute atomic E-state index is 0.291. The van der Waals surface area contributed by atoms with E-state index in [0.29, 0.717) is 29.3 Å². The average molecular weight is 579 g/mol. The SMILES string of the molecule is COc1c(Br)cc(Br)cc1/C=N/Nc1nc(Nc2ccc(F)cc2)nc(N2CCCCC2)n1. The zero-order valence-electron chi connectivity index (χ0n) is 17.9. The summed E-state index contributed by atoms with van der Waals surface area (Å²) in [6.45, 7) is 1.76. The van der Waals surface area contributed by atoms with E-state index in [-0.39, 0.29) is 5.82 Å². The van der Waals surface area contributed by atoms with Gasteiger partial charge in [0.15, 0.2) is 0 Å². The molecule has 1 fully saturated rings. The summed E-state index contributed by atoms with van der Waals surface area (Å²) in [5.74, 6) is 1.55. The molecular weight excluding hydrogens is 557 g/mol. The molecule has 0 unspecified atom stereocenters. The Labute approximate surface area is 207 Å². The lowest BCUT2D eigenvalue weighted by Gasteiger charge is -2.26. The van der Waals surface area contributed by atoms with Gasteiger partial charge in [-0.1, -0.05) is 15.9 Å². The molecule has 1 saturated heterocycles. The number of halogens is 3. The first-order valence-corrected chi connectivity index (χ1v) is 12.0. The Kier molecular flexibility index (Phi) is 7.71. The van der Waals surface area contributed by atoms with E-state index in [4.69, 9.17) is 4.74 Å².